The zero-order chi connectivity index (χ0) is 11.7. The lowest BCUT2D eigenvalue weighted by Gasteiger charge is -1.93. The summed E-state index contributed by atoms with van der Waals surface area (Å²) in [4.78, 5) is 10.0. The summed E-state index contributed by atoms with van der Waals surface area (Å²) in [6.45, 7) is 0. The van der Waals surface area contributed by atoms with Crippen LogP contribution >= 0.6 is 11.3 Å². The summed E-state index contributed by atoms with van der Waals surface area (Å²) in [6, 6.07) is 3.95. The lowest BCUT2D eigenvalue weighted by atomic mass is 10.3. The minimum atomic E-state index is 0.405. The molecule has 3 aromatic heterocycles. The number of hydrogen-bond acceptors (Lipinski definition) is 6. The van der Waals surface area contributed by atoms with Crippen LogP contribution < -0.4 is 5.73 Å². The van der Waals surface area contributed by atoms with Crippen molar-refractivity contribution in [3.8, 4) is 21.0 Å². The fourth-order valence-electron chi connectivity index (χ4n) is 1.47. The molecule has 17 heavy (non-hydrogen) atoms. The maximum Gasteiger partial charge on any atom is 0.174 e. The number of rotatable bonds is 2. The van der Waals surface area contributed by atoms with Crippen molar-refractivity contribution < 1.29 is 0 Å². The summed E-state index contributed by atoms with van der Waals surface area (Å²) in [6.07, 6.45) is 5.05. The lowest BCUT2D eigenvalue weighted by Crippen LogP contribution is -1.86. The van der Waals surface area contributed by atoms with Crippen LogP contribution in [0.1, 0.15) is 0 Å². The second-order valence-electron chi connectivity index (χ2n) is 3.35. The van der Waals surface area contributed by atoms with E-state index in [1.807, 2.05) is 12.1 Å². The van der Waals surface area contributed by atoms with Crippen LogP contribution in [0.25, 0.3) is 21.0 Å². The van der Waals surface area contributed by atoms with E-state index in [1.54, 1.807) is 23.7 Å². The molecule has 7 heteroatoms. The molecule has 0 spiro atoms. The quantitative estimate of drug-likeness (QED) is 0.713. The fourth-order valence-corrected chi connectivity index (χ4v) is 2.45. The van der Waals surface area contributed by atoms with E-state index < -0.39 is 0 Å². The Morgan fingerprint density at radius 3 is 2.53 bits per heavy atom. The zero-order valence-electron chi connectivity index (χ0n) is 8.66. The van der Waals surface area contributed by atoms with E-state index in [2.05, 4.69) is 25.4 Å². The molecule has 84 valence electrons. The van der Waals surface area contributed by atoms with Crippen LogP contribution in [0.4, 0.5) is 5.82 Å². The van der Waals surface area contributed by atoms with Gasteiger partial charge in [0.15, 0.2) is 5.82 Å². The SMILES string of the molecule is Nc1n[nH]nc1-c1ccc(-c2cncnc2)s1. The molecule has 0 saturated heterocycles. The van der Waals surface area contributed by atoms with Crippen LogP contribution in [0, 0.1) is 0 Å². The van der Waals surface area contributed by atoms with Crippen molar-refractivity contribution >= 4 is 17.2 Å². The van der Waals surface area contributed by atoms with Gasteiger partial charge in [-0.2, -0.15) is 10.3 Å². The average Bonchev–Trinajstić information content (AvgIpc) is 2.98. The van der Waals surface area contributed by atoms with E-state index in [4.69, 9.17) is 5.73 Å². The first-order valence-electron chi connectivity index (χ1n) is 4.86. The van der Waals surface area contributed by atoms with Crippen LogP contribution in [0.15, 0.2) is 30.9 Å². The minimum Gasteiger partial charge on any atom is -0.380 e. The molecule has 0 amide bonds. The Balaban J connectivity index is 2.02. The molecular weight excluding hydrogens is 236 g/mol. The molecule has 3 aromatic rings. The number of nitrogens with zero attached hydrogens (tertiary/aromatic N) is 4. The minimum absolute atomic E-state index is 0.405. The Bertz CT molecular complexity index is 629. The van der Waals surface area contributed by atoms with Gasteiger partial charge in [0.25, 0.3) is 0 Å². The topological polar surface area (TPSA) is 93.4 Å². The first kappa shape index (κ1) is 9.91. The van der Waals surface area contributed by atoms with Crippen molar-refractivity contribution in [2.24, 2.45) is 0 Å². The molecule has 0 fully saturated rings. The highest BCUT2D eigenvalue weighted by Gasteiger charge is 2.10. The molecule has 3 rings (SSSR count). The molecule has 6 nitrogen and oxygen atoms in total. The molecule has 0 radical (unpaired) electrons. The molecule has 0 aliphatic rings. The van der Waals surface area contributed by atoms with Crippen LogP contribution in [-0.4, -0.2) is 25.4 Å². The number of aromatic amines is 1. The first-order chi connectivity index (χ1) is 8.34. The van der Waals surface area contributed by atoms with E-state index in [0.717, 1.165) is 15.3 Å². The van der Waals surface area contributed by atoms with E-state index >= 15 is 0 Å². The van der Waals surface area contributed by atoms with Gasteiger partial charge in [0, 0.05) is 22.8 Å². The van der Waals surface area contributed by atoms with Gasteiger partial charge in [-0.05, 0) is 12.1 Å². The van der Waals surface area contributed by atoms with Gasteiger partial charge >= 0.3 is 0 Å². The third-order valence-electron chi connectivity index (χ3n) is 2.26. The van der Waals surface area contributed by atoms with Crippen molar-refractivity contribution in [2.45, 2.75) is 0 Å². The van der Waals surface area contributed by atoms with Crippen molar-refractivity contribution in [2.75, 3.05) is 5.73 Å². The molecular formula is C10H8N6S. The normalized spacial score (nSPS) is 10.6. The second-order valence-corrected chi connectivity index (χ2v) is 4.43. The third kappa shape index (κ3) is 1.76. The highest BCUT2D eigenvalue weighted by atomic mass is 32.1. The number of H-pyrrole nitrogens is 1. The maximum absolute atomic E-state index is 5.70. The number of hydrogen-bond donors (Lipinski definition) is 2. The van der Waals surface area contributed by atoms with Gasteiger partial charge in [-0.1, -0.05) is 0 Å². The average molecular weight is 244 g/mol. The fraction of sp³-hybridized carbons (Fsp3) is 0. The van der Waals surface area contributed by atoms with Crippen LogP contribution in [0.3, 0.4) is 0 Å². The van der Waals surface area contributed by atoms with Crippen molar-refractivity contribution in [1.82, 2.24) is 25.4 Å². The van der Waals surface area contributed by atoms with Crippen molar-refractivity contribution in [3.05, 3.63) is 30.9 Å². The summed E-state index contributed by atoms with van der Waals surface area (Å²) in [5.41, 5.74) is 7.35. The molecule has 0 aromatic carbocycles. The monoisotopic (exact) mass is 244 g/mol. The molecule has 0 saturated carbocycles. The number of nitrogens with one attached hydrogen (secondary N) is 1. The summed E-state index contributed by atoms with van der Waals surface area (Å²) < 4.78 is 0. The molecule has 0 aliphatic carbocycles. The summed E-state index contributed by atoms with van der Waals surface area (Å²) in [7, 11) is 0. The van der Waals surface area contributed by atoms with Gasteiger partial charge in [-0.15, -0.1) is 16.4 Å². The Morgan fingerprint density at radius 1 is 1.06 bits per heavy atom. The zero-order valence-corrected chi connectivity index (χ0v) is 9.48. The van der Waals surface area contributed by atoms with Gasteiger partial charge < -0.3 is 5.73 Å². The van der Waals surface area contributed by atoms with Gasteiger partial charge in [0.2, 0.25) is 0 Å². The molecule has 0 bridgehead atoms. The smallest absolute Gasteiger partial charge is 0.174 e. The highest BCUT2D eigenvalue weighted by molar-refractivity contribution is 7.18. The van der Waals surface area contributed by atoms with Crippen molar-refractivity contribution in [3.63, 3.8) is 0 Å². The van der Waals surface area contributed by atoms with Crippen LogP contribution in [0.2, 0.25) is 0 Å². The standard InChI is InChI=1S/C10H8N6S/c11-10-9(14-16-15-10)8-2-1-7(17-8)6-3-12-5-13-4-6/h1-5H,(H3,11,14,15,16). The van der Waals surface area contributed by atoms with E-state index in [0.29, 0.717) is 11.5 Å². The molecule has 0 atom stereocenters. The van der Waals surface area contributed by atoms with Crippen molar-refractivity contribution in [1.29, 1.82) is 0 Å². The van der Waals surface area contributed by atoms with Gasteiger partial charge in [-0.3, -0.25) is 0 Å². The predicted molar refractivity (Wildman–Crippen MR) is 65.1 cm³/mol. The highest BCUT2D eigenvalue weighted by Crippen LogP contribution is 2.34. The largest absolute Gasteiger partial charge is 0.380 e. The number of nitrogens with two attached hydrogens (primary N) is 1. The van der Waals surface area contributed by atoms with E-state index in [9.17, 15) is 0 Å². The van der Waals surface area contributed by atoms with Gasteiger partial charge in [0.05, 0.1) is 4.88 Å². The van der Waals surface area contributed by atoms with Crippen LogP contribution in [-0.2, 0) is 0 Å². The number of anilines is 1. The summed E-state index contributed by atoms with van der Waals surface area (Å²) in [5, 5.41) is 10.3. The molecule has 0 aliphatic heterocycles. The molecule has 0 unspecified atom stereocenters. The number of aromatic nitrogens is 5. The van der Waals surface area contributed by atoms with E-state index in [-0.39, 0.29) is 0 Å². The Kier molecular flexibility index (Phi) is 2.30. The third-order valence-corrected chi connectivity index (χ3v) is 3.40. The predicted octanol–water partition coefficient (Wildman–Crippen LogP) is 1.57. The summed E-state index contributed by atoms with van der Waals surface area (Å²) >= 11 is 1.58. The molecule has 3 heterocycles. The number of thiophene rings is 1. The van der Waals surface area contributed by atoms with Crippen LogP contribution in [0.5, 0.6) is 0 Å². The first-order valence-corrected chi connectivity index (χ1v) is 5.68. The Morgan fingerprint density at radius 2 is 1.82 bits per heavy atom. The maximum atomic E-state index is 5.70. The van der Waals surface area contributed by atoms with Gasteiger partial charge in [0.1, 0.15) is 12.0 Å². The number of nitrogen functional groups attached to an aromatic ring is 1. The Labute approximate surface area is 101 Å². The lowest BCUT2D eigenvalue weighted by molar-refractivity contribution is 0.946. The van der Waals surface area contributed by atoms with Gasteiger partial charge in [-0.25, -0.2) is 9.97 Å². The molecule has 3 N–H and O–H groups in total. The Hall–Kier alpha value is -2.28. The van der Waals surface area contributed by atoms with E-state index in [1.165, 1.54) is 6.33 Å². The summed E-state index contributed by atoms with van der Waals surface area (Å²) in [5.74, 6) is 0.405. The second kappa shape index (κ2) is 3.95.